The summed E-state index contributed by atoms with van der Waals surface area (Å²) in [6, 6.07) is 51.5. The minimum absolute atomic E-state index is 0.336. The van der Waals surface area contributed by atoms with Crippen LogP contribution in [0.3, 0.4) is 0 Å². The predicted octanol–water partition coefficient (Wildman–Crippen LogP) is 12.0. The van der Waals surface area contributed by atoms with Gasteiger partial charge in [-0.25, -0.2) is 15.0 Å². The van der Waals surface area contributed by atoms with Crippen molar-refractivity contribution in [3.8, 4) is 22.9 Å². The number of nitrogens with zero attached hydrogens (tertiary/aromatic N) is 5. The molecule has 0 fully saturated rings. The minimum atomic E-state index is 0.336. The third-order valence-corrected chi connectivity index (χ3v) is 11.0. The van der Waals surface area contributed by atoms with Gasteiger partial charge in [0.05, 0.1) is 33.3 Å². The summed E-state index contributed by atoms with van der Waals surface area (Å²) in [6.45, 7) is 2.30. The molecule has 0 bridgehead atoms. The molecule has 0 aliphatic heterocycles. The maximum atomic E-state index is 5.46. The number of hydrogen-bond acceptors (Lipinski definition) is 3. The van der Waals surface area contributed by atoms with Crippen LogP contribution in [0.25, 0.3) is 93.8 Å². The lowest BCUT2D eigenvalue weighted by Crippen LogP contribution is -2.07. The first-order chi connectivity index (χ1) is 26.2. The fourth-order valence-corrected chi connectivity index (χ4v) is 8.57. The highest BCUT2D eigenvalue weighted by Crippen LogP contribution is 2.46. The first-order valence-corrected chi connectivity index (χ1v) is 18.3. The second-order valence-corrected chi connectivity index (χ2v) is 14.0. The van der Waals surface area contributed by atoms with Crippen LogP contribution in [-0.4, -0.2) is 24.1 Å². The van der Waals surface area contributed by atoms with E-state index in [0.717, 1.165) is 72.9 Å². The van der Waals surface area contributed by atoms with Crippen molar-refractivity contribution in [1.29, 1.82) is 0 Å². The Hall–Kier alpha value is -6.85. The van der Waals surface area contributed by atoms with E-state index >= 15 is 0 Å². The van der Waals surface area contributed by atoms with Crippen molar-refractivity contribution < 1.29 is 0 Å². The van der Waals surface area contributed by atoms with Crippen molar-refractivity contribution in [3.63, 3.8) is 0 Å². The molecule has 3 aromatic heterocycles. The fourth-order valence-electron chi connectivity index (χ4n) is 8.57. The minimum Gasteiger partial charge on any atom is -0.292 e. The number of para-hydroxylation sites is 2. The molecule has 0 amide bonds. The van der Waals surface area contributed by atoms with Crippen LogP contribution in [0.2, 0.25) is 0 Å². The van der Waals surface area contributed by atoms with Crippen molar-refractivity contribution in [1.82, 2.24) is 24.1 Å². The highest BCUT2D eigenvalue weighted by molar-refractivity contribution is 6.35. The highest BCUT2D eigenvalue weighted by Gasteiger charge is 2.27. The van der Waals surface area contributed by atoms with Crippen LogP contribution in [-0.2, 0) is 0 Å². The van der Waals surface area contributed by atoms with Gasteiger partial charge in [0.25, 0.3) is 0 Å². The number of allylic oxidation sites excluding steroid dienone is 4. The van der Waals surface area contributed by atoms with Crippen molar-refractivity contribution in [2.45, 2.75) is 13.3 Å². The standard InChI is InChI=1S/C48H33N5/c1-30-16-8-9-21-33(30)47-49-40-28-29-41-43(46(40)52(47)32-19-6-3-7-20-32)42-36-24-12-10-22-34(36)35-23-11-13-25-37(35)45(42)53(41)48-50-39-27-15-14-26-38(39)44(51-48)31-17-4-2-5-18-31/h2-15,17-30H,16H2,1H3. The number of benzene rings is 7. The van der Waals surface area contributed by atoms with Gasteiger partial charge in [0.15, 0.2) is 0 Å². The van der Waals surface area contributed by atoms with Crippen molar-refractivity contribution in [3.05, 3.63) is 170 Å². The number of aromatic nitrogens is 5. The van der Waals surface area contributed by atoms with E-state index < -0.39 is 0 Å². The molecule has 5 nitrogen and oxygen atoms in total. The van der Waals surface area contributed by atoms with Gasteiger partial charge in [-0.2, -0.15) is 0 Å². The lowest BCUT2D eigenvalue weighted by atomic mass is 9.92. The van der Waals surface area contributed by atoms with Gasteiger partial charge in [-0.15, -0.1) is 0 Å². The van der Waals surface area contributed by atoms with Crippen LogP contribution >= 0.6 is 0 Å². The van der Waals surface area contributed by atoms with Gasteiger partial charge >= 0.3 is 0 Å². The van der Waals surface area contributed by atoms with E-state index in [9.17, 15) is 0 Å². The van der Waals surface area contributed by atoms with E-state index in [-0.39, 0.29) is 0 Å². The van der Waals surface area contributed by atoms with E-state index in [1.807, 2.05) is 6.07 Å². The highest BCUT2D eigenvalue weighted by atomic mass is 15.2. The largest absolute Gasteiger partial charge is 0.292 e. The molecule has 1 aliphatic carbocycles. The third kappa shape index (κ3) is 4.40. The molecule has 7 aromatic carbocycles. The molecule has 0 saturated carbocycles. The molecule has 53 heavy (non-hydrogen) atoms. The first-order valence-electron chi connectivity index (χ1n) is 18.3. The molecular formula is C48H33N5. The Morgan fingerprint density at radius 3 is 1.96 bits per heavy atom. The molecule has 250 valence electrons. The molecule has 0 spiro atoms. The summed E-state index contributed by atoms with van der Waals surface area (Å²) in [7, 11) is 0. The van der Waals surface area contributed by atoms with Gasteiger partial charge in [0, 0.05) is 32.8 Å². The summed E-state index contributed by atoms with van der Waals surface area (Å²) in [5.74, 6) is 1.96. The van der Waals surface area contributed by atoms with Crippen molar-refractivity contribution >= 4 is 70.9 Å². The van der Waals surface area contributed by atoms with Crippen LogP contribution in [0.1, 0.15) is 19.2 Å². The smallest absolute Gasteiger partial charge is 0.235 e. The second kappa shape index (κ2) is 11.6. The zero-order valence-electron chi connectivity index (χ0n) is 29.1. The summed E-state index contributed by atoms with van der Waals surface area (Å²) in [4.78, 5) is 16.3. The van der Waals surface area contributed by atoms with Gasteiger partial charge in [-0.1, -0.05) is 140 Å². The summed E-state index contributed by atoms with van der Waals surface area (Å²) >= 11 is 0. The van der Waals surface area contributed by atoms with Crippen LogP contribution in [0.4, 0.5) is 0 Å². The number of hydrogen-bond donors (Lipinski definition) is 0. The van der Waals surface area contributed by atoms with Crippen LogP contribution < -0.4 is 0 Å². The summed E-state index contributed by atoms with van der Waals surface area (Å²) in [6.07, 6.45) is 7.65. The summed E-state index contributed by atoms with van der Waals surface area (Å²) in [5.41, 5.74) is 9.37. The van der Waals surface area contributed by atoms with Gasteiger partial charge in [-0.05, 0) is 64.4 Å². The number of rotatable bonds is 4. The summed E-state index contributed by atoms with van der Waals surface area (Å²) in [5, 5.41) is 8.10. The molecule has 3 heterocycles. The second-order valence-electron chi connectivity index (χ2n) is 14.0. The van der Waals surface area contributed by atoms with Gasteiger partial charge in [0.2, 0.25) is 5.95 Å². The van der Waals surface area contributed by atoms with Crippen molar-refractivity contribution in [2.24, 2.45) is 5.92 Å². The zero-order valence-corrected chi connectivity index (χ0v) is 29.1. The van der Waals surface area contributed by atoms with E-state index in [0.29, 0.717) is 11.9 Å². The topological polar surface area (TPSA) is 48.5 Å². The molecule has 5 heteroatoms. The Morgan fingerprint density at radius 1 is 0.528 bits per heavy atom. The number of fused-ring (bicyclic) bond motifs is 11. The maximum Gasteiger partial charge on any atom is 0.235 e. The van der Waals surface area contributed by atoms with E-state index in [2.05, 4.69) is 174 Å². The molecule has 10 aromatic rings. The van der Waals surface area contributed by atoms with Crippen LogP contribution in [0, 0.1) is 5.92 Å². The van der Waals surface area contributed by atoms with E-state index in [1.165, 1.54) is 27.1 Å². The molecule has 1 atom stereocenters. The first kappa shape index (κ1) is 29.8. The van der Waals surface area contributed by atoms with Gasteiger partial charge < -0.3 is 0 Å². The van der Waals surface area contributed by atoms with Gasteiger partial charge in [-0.3, -0.25) is 9.13 Å². The SMILES string of the molecule is CC1CC=CC=C1c1nc2ccc3c(c4c5ccccc5c5ccccc5c4n3-c3nc(-c4ccccc4)c4ccccc4n3)c2n1-c1ccccc1. The average molecular weight is 680 g/mol. The Balaban J connectivity index is 1.39. The van der Waals surface area contributed by atoms with E-state index in [4.69, 9.17) is 15.0 Å². The quantitative estimate of drug-likeness (QED) is 0.174. The molecule has 1 unspecified atom stereocenters. The average Bonchev–Trinajstić information content (AvgIpc) is 3.78. The molecule has 11 rings (SSSR count). The molecule has 0 radical (unpaired) electrons. The van der Waals surface area contributed by atoms with Gasteiger partial charge in [0.1, 0.15) is 5.82 Å². The molecular weight excluding hydrogens is 647 g/mol. The summed E-state index contributed by atoms with van der Waals surface area (Å²) < 4.78 is 4.70. The van der Waals surface area contributed by atoms with E-state index in [1.54, 1.807) is 0 Å². The Kier molecular flexibility index (Phi) is 6.52. The van der Waals surface area contributed by atoms with Crippen LogP contribution in [0.5, 0.6) is 0 Å². The number of imidazole rings is 1. The molecule has 0 saturated heterocycles. The predicted molar refractivity (Wildman–Crippen MR) is 220 cm³/mol. The third-order valence-electron chi connectivity index (χ3n) is 11.0. The van der Waals surface area contributed by atoms with Crippen molar-refractivity contribution in [2.75, 3.05) is 0 Å². The molecule has 0 N–H and O–H groups in total. The maximum absolute atomic E-state index is 5.46. The fraction of sp³-hybridized carbons (Fsp3) is 0.0625. The monoisotopic (exact) mass is 679 g/mol. The Morgan fingerprint density at radius 2 is 1.19 bits per heavy atom. The normalized spacial score (nSPS) is 14.7. The Labute approximate surface area is 305 Å². The van der Waals surface area contributed by atoms with Crippen LogP contribution in [0.15, 0.2) is 164 Å². The lowest BCUT2D eigenvalue weighted by molar-refractivity contribution is 0.746. The lowest BCUT2D eigenvalue weighted by Gasteiger charge is -2.18. The Bertz CT molecular complexity index is 3150. The zero-order chi connectivity index (χ0) is 35.0. The molecule has 1 aliphatic rings.